The molecule has 7 heteroatoms. The van der Waals surface area contributed by atoms with Crippen molar-refractivity contribution in [3.63, 3.8) is 0 Å². The molecule has 3 rings (SSSR count). The minimum Gasteiger partial charge on any atom is -0.412 e. The van der Waals surface area contributed by atoms with Crippen LogP contribution in [0.4, 0.5) is 0 Å². The number of aromatic nitrogens is 3. The highest BCUT2D eigenvalue weighted by Gasteiger charge is 2.03. The van der Waals surface area contributed by atoms with Gasteiger partial charge < -0.3 is 5.48 Å². The Morgan fingerprint density at radius 1 is 0.900 bits per heavy atom. The molecule has 0 spiro atoms. The quantitative estimate of drug-likeness (QED) is 0.723. The van der Waals surface area contributed by atoms with Gasteiger partial charge in [0.15, 0.2) is 0 Å². The van der Waals surface area contributed by atoms with Gasteiger partial charge in [-0.2, -0.15) is 0 Å². The Morgan fingerprint density at radius 3 is 2.40 bits per heavy atom. The van der Waals surface area contributed by atoms with Gasteiger partial charge in [-0.1, -0.05) is 17.8 Å². The van der Waals surface area contributed by atoms with E-state index in [9.17, 15) is 0 Å². The van der Waals surface area contributed by atoms with Crippen LogP contribution >= 0.6 is 36.6 Å². The van der Waals surface area contributed by atoms with Crippen LogP contribution in [0.25, 0.3) is 10.9 Å². The van der Waals surface area contributed by atoms with Crippen LogP contribution in [0.1, 0.15) is 0 Å². The summed E-state index contributed by atoms with van der Waals surface area (Å²) in [7, 11) is 0. The zero-order valence-corrected chi connectivity index (χ0v) is 12.7. The molecule has 0 fully saturated rings. The average molecular weight is 330 g/mol. The number of hydrogen-bond donors (Lipinski definition) is 0. The first kappa shape index (κ1) is 18.6. The molecule has 4 nitrogen and oxygen atoms in total. The average Bonchev–Trinajstić information content (AvgIpc) is 2.40. The zero-order chi connectivity index (χ0) is 11.5. The summed E-state index contributed by atoms with van der Waals surface area (Å²) in [6.45, 7) is 0. The monoisotopic (exact) mass is 329 g/mol. The normalized spacial score (nSPS) is 9.00. The van der Waals surface area contributed by atoms with Crippen LogP contribution in [-0.4, -0.2) is 20.4 Å². The Bertz CT molecular complexity index is 650. The third-order valence-electron chi connectivity index (χ3n) is 2.39. The molecule has 0 atom stereocenters. The molecule has 0 bridgehead atoms. The summed E-state index contributed by atoms with van der Waals surface area (Å²) in [4.78, 5) is 14.7. The summed E-state index contributed by atoms with van der Waals surface area (Å²) >= 11 is 1.70. The molecule has 2 N–H and O–H groups in total. The van der Waals surface area contributed by atoms with Gasteiger partial charge in [0.2, 0.25) is 0 Å². The van der Waals surface area contributed by atoms with Gasteiger partial charge in [-0.05, 0) is 24.3 Å². The molecule has 2 heterocycles. The maximum absolute atomic E-state index is 4.25. The van der Waals surface area contributed by atoms with Crippen molar-refractivity contribution in [3.8, 4) is 0 Å². The number of pyridine rings is 1. The first-order chi connectivity index (χ1) is 8.43. The van der Waals surface area contributed by atoms with Crippen LogP contribution in [0.5, 0.6) is 0 Å². The van der Waals surface area contributed by atoms with Gasteiger partial charge in [-0.3, -0.25) is 4.98 Å². The molecule has 106 valence electrons. The lowest BCUT2D eigenvalue weighted by Gasteiger charge is -2.04. The van der Waals surface area contributed by atoms with Gasteiger partial charge in [-0.15, -0.1) is 24.8 Å². The lowest BCUT2D eigenvalue weighted by Crippen LogP contribution is -1.83. The van der Waals surface area contributed by atoms with Crippen molar-refractivity contribution in [2.75, 3.05) is 0 Å². The van der Waals surface area contributed by atoms with Crippen molar-refractivity contribution in [1.82, 2.24) is 15.0 Å². The molecule has 0 aliphatic carbocycles. The van der Waals surface area contributed by atoms with Crippen LogP contribution in [-0.2, 0) is 0 Å². The number of hydrogen-bond acceptors (Lipinski definition) is 4. The Hall–Kier alpha value is -1.40. The summed E-state index contributed by atoms with van der Waals surface area (Å²) in [6.07, 6.45) is 7.02. The summed E-state index contributed by atoms with van der Waals surface area (Å²) in [5.74, 6) is 0. The Kier molecular flexibility index (Phi) is 8.10. The first-order valence-corrected chi connectivity index (χ1v) is 6.02. The van der Waals surface area contributed by atoms with E-state index in [1.54, 1.807) is 30.5 Å². The Labute approximate surface area is 133 Å². The van der Waals surface area contributed by atoms with Crippen LogP contribution in [0, 0.1) is 0 Å². The second-order valence-corrected chi connectivity index (χ2v) is 4.61. The zero-order valence-electron chi connectivity index (χ0n) is 10.3. The summed E-state index contributed by atoms with van der Waals surface area (Å²) in [5.41, 5.74) is 0.971. The lowest BCUT2D eigenvalue weighted by molar-refractivity contribution is 0.824. The number of benzene rings is 1. The fourth-order valence-corrected chi connectivity index (χ4v) is 2.53. The molecular formula is C13H13Cl2N3OS. The van der Waals surface area contributed by atoms with E-state index in [0.717, 1.165) is 20.7 Å². The molecular weight excluding hydrogens is 317 g/mol. The summed E-state index contributed by atoms with van der Waals surface area (Å²) in [6, 6.07) is 10.1. The van der Waals surface area contributed by atoms with Crippen molar-refractivity contribution >= 4 is 47.5 Å². The van der Waals surface area contributed by atoms with E-state index in [0.29, 0.717) is 0 Å². The number of nitrogens with zero attached hydrogens (tertiary/aromatic N) is 3. The largest absolute Gasteiger partial charge is 0.412 e. The van der Waals surface area contributed by atoms with Gasteiger partial charge in [0.25, 0.3) is 0 Å². The smallest absolute Gasteiger partial charge is 0.116 e. The first-order valence-electron chi connectivity index (χ1n) is 5.20. The molecule has 0 aliphatic rings. The maximum atomic E-state index is 4.25. The summed E-state index contributed by atoms with van der Waals surface area (Å²) < 4.78 is 0. The standard InChI is InChI=1S/C13H9N3S.2ClH.H2O/c1-2-12-11(8-15-9-16-12)13(3-1)17-10-4-6-14-7-5-10;;;/h1-9H;2*1H;1H2. The Balaban J connectivity index is 0.00000120. The van der Waals surface area contributed by atoms with Crippen LogP contribution in [0.15, 0.2) is 65.0 Å². The number of fused-ring (bicyclic) bond motifs is 1. The highest BCUT2D eigenvalue weighted by molar-refractivity contribution is 7.99. The molecule has 0 amide bonds. The molecule has 0 saturated heterocycles. The molecule has 1 aromatic carbocycles. The van der Waals surface area contributed by atoms with Crippen molar-refractivity contribution in [2.24, 2.45) is 0 Å². The Morgan fingerprint density at radius 2 is 1.65 bits per heavy atom. The van der Waals surface area contributed by atoms with Crippen LogP contribution in [0.3, 0.4) is 0 Å². The highest BCUT2D eigenvalue weighted by atomic mass is 35.5. The molecule has 0 saturated carbocycles. The predicted octanol–water partition coefficient (Wildman–Crippen LogP) is 3.19. The SMILES string of the molecule is Cl.Cl.O.c1cc(Sc2ccncc2)c2cncnc2c1. The fraction of sp³-hybridized carbons (Fsp3) is 0. The van der Waals surface area contributed by atoms with E-state index in [4.69, 9.17) is 0 Å². The number of rotatable bonds is 2. The molecule has 3 aromatic rings. The predicted molar refractivity (Wildman–Crippen MR) is 86.0 cm³/mol. The third kappa shape index (κ3) is 4.05. The maximum Gasteiger partial charge on any atom is 0.116 e. The molecule has 2 aromatic heterocycles. The van der Waals surface area contributed by atoms with E-state index in [-0.39, 0.29) is 30.3 Å². The van der Waals surface area contributed by atoms with Gasteiger partial charge in [0, 0.05) is 33.8 Å². The second kappa shape index (κ2) is 8.71. The summed E-state index contributed by atoms with van der Waals surface area (Å²) in [5, 5.41) is 1.08. The third-order valence-corrected chi connectivity index (χ3v) is 3.47. The van der Waals surface area contributed by atoms with Gasteiger partial charge in [0.1, 0.15) is 6.33 Å². The van der Waals surface area contributed by atoms with E-state index >= 15 is 0 Å². The van der Waals surface area contributed by atoms with E-state index in [2.05, 4.69) is 21.0 Å². The highest BCUT2D eigenvalue weighted by Crippen LogP contribution is 2.31. The van der Waals surface area contributed by atoms with Gasteiger partial charge in [-0.25, -0.2) is 9.97 Å². The molecule has 0 unspecified atom stereocenters. The van der Waals surface area contributed by atoms with E-state index < -0.39 is 0 Å². The van der Waals surface area contributed by atoms with Crippen molar-refractivity contribution in [2.45, 2.75) is 9.79 Å². The minimum atomic E-state index is 0. The topological polar surface area (TPSA) is 70.2 Å². The van der Waals surface area contributed by atoms with Crippen LogP contribution < -0.4 is 0 Å². The van der Waals surface area contributed by atoms with Crippen molar-refractivity contribution in [3.05, 3.63) is 55.2 Å². The van der Waals surface area contributed by atoms with Gasteiger partial charge >= 0.3 is 0 Å². The second-order valence-electron chi connectivity index (χ2n) is 3.50. The van der Waals surface area contributed by atoms with Gasteiger partial charge in [0.05, 0.1) is 5.52 Å². The van der Waals surface area contributed by atoms with Crippen LogP contribution in [0.2, 0.25) is 0 Å². The van der Waals surface area contributed by atoms with E-state index in [1.807, 2.05) is 30.5 Å². The molecule has 0 radical (unpaired) electrons. The minimum absolute atomic E-state index is 0. The number of halogens is 2. The van der Waals surface area contributed by atoms with E-state index in [1.165, 1.54) is 0 Å². The fourth-order valence-electron chi connectivity index (χ4n) is 1.60. The lowest BCUT2D eigenvalue weighted by atomic mass is 10.2. The van der Waals surface area contributed by atoms with Crippen molar-refractivity contribution in [1.29, 1.82) is 0 Å². The molecule has 20 heavy (non-hydrogen) atoms. The molecule has 0 aliphatic heterocycles. The van der Waals surface area contributed by atoms with Crippen molar-refractivity contribution < 1.29 is 5.48 Å².